The topological polar surface area (TPSA) is 173 Å². The van der Waals surface area contributed by atoms with Gasteiger partial charge in [-0.3, -0.25) is 14.4 Å². The Morgan fingerprint density at radius 3 is 2.54 bits per heavy atom. The van der Waals surface area contributed by atoms with E-state index < -0.39 is 39.5 Å². The summed E-state index contributed by atoms with van der Waals surface area (Å²) in [5.74, 6) is -2.00. The Labute approximate surface area is 311 Å². The van der Waals surface area contributed by atoms with Gasteiger partial charge in [-0.25, -0.2) is 18.1 Å². The average molecular weight is 755 g/mol. The molecule has 2 fully saturated rings. The summed E-state index contributed by atoms with van der Waals surface area (Å²) in [5, 5.41) is 11.6. The van der Waals surface area contributed by atoms with Gasteiger partial charge in [0.2, 0.25) is 21.7 Å². The molecule has 0 bridgehead atoms. The lowest BCUT2D eigenvalue weighted by atomic mass is 9.84. The highest BCUT2D eigenvalue weighted by molar-refractivity contribution is 7.88. The van der Waals surface area contributed by atoms with Crippen molar-refractivity contribution in [1.82, 2.24) is 14.6 Å². The molecule has 0 spiro atoms. The van der Waals surface area contributed by atoms with Gasteiger partial charge in [0, 0.05) is 23.9 Å². The second-order valence-corrected chi connectivity index (χ2v) is 16.7. The SMILES string of the molecule is CS(=O)(=O)N[C@H](C/C=C/C1(O)CCCCC1)C(=O)N1C[C@H](CCc2ccc(Cl)cc2)C[C@H]1C(=O)C[C@@H](CCCCN)C(=O)c1nc2ccccc2o1. The van der Waals surface area contributed by atoms with Crippen molar-refractivity contribution in [3.05, 3.63) is 77.2 Å². The molecule has 2 heterocycles. The van der Waals surface area contributed by atoms with E-state index in [0.29, 0.717) is 74.0 Å². The number of nitrogens with zero attached hydrogens (tertiary/aromatic N) is 2. The number of unbranched alkanes of at least 4 members (excludes halogenated alkanes) is 1. The molecule has 4 atom stereocenters. The van der Waals surface area contributed by atoms with Crippen molar-refractivity contribution in [3.8, 4) is 0 Å². The number of fused-ring (bicyclic) bond motifs is 1. The van der Waals surface area contributed by atoms with Crippen molar-refractivity contribution in [3.63, 3.8) is 0 Å². The van der Waals surface area contributed by atoms with Crippen LogP contribution in [0.4, 0.5) is 0 Å². The molecule has 1 aliphatic carbocycles. The normalized spacial score (nSPS) is 20.3. The number of likely N-dealkylation sites (tertiary alicyclic amines) is 1. The van der Waals surface area contributed by atoms with E-state index in [-0.39, 0.29) is 42.8 Å². The monoisotopic (exact) mass is 754 g/mol. The van der Waals surface area contributed by atoms with Crippen LogP contribution in [0.5, 0.6) is 0 Å². The number of benzene rings is 2. The van der Waals surface area contributed by atoms with Crippen LogP contribution in [0.3, 0.4) is 0 Å². The van der Waals surface area contributed by atoms with Crippen LogP contribution in [0.2, 0.25) is 5.02 Å². The third-order valence-electron chi connectivity index (χ3n) is 10.3. The number of sulfonamides is 1. The van der Waals surface area contributed by atoms with Crippen molar-refractivity contribution >= 4 is 50.2 Å². The number of ketones is 2. The first kappa shape index (κ1) is 39.8. The van der Waals surface area contributed by atoms with Gasteiger partial charge in [0.15, 0.2) is 11.4 Å². The smallest absolute Gasteiger partial charge is 0.264 e. The molecule has 5 rings (SSSR count). The highest BCUT2D eigenvalue weighted by Crippen LogP contribution is 2.33. The Kier molecular flexibility index (Phi) is 13.8. The number of halogens is 1. The predicted molar refractivity (Wildman–Crippen MR) is 201 cm³/mol. The minimum atomic E-state index is -3.82. The summed E-state index contributed by atoms with van der Waals surface area (Å²) in [6, 6.07) is 12.6. The number of hydrogen-bond acceptors (Lipinski definition) is 9. The van der Waals surface area contributed by atoms with Gasteiger partial charge in [0.1, 0.15) is 11.6 Å². The molecule has 52 heavy (non-hydrogen) atoms. The number of aromatic nitrogens is 1. The van der Waals surface area contributed by atoms with Crippen LogP contribution >= 0.6 is 11.6 Å². The van der Waals surface area contributed by atoms with Crippen LogP contribution in [0.25, 0.3) is 11.1 Å². The van der Waals surface area contributed by atoms with E-state index in [1.54, 1.807) is 36.4 Å². The fraction of sp³-hybridized carbons (Fsp3) is 0.538. The van der Waals surface area contributed by atoms with Crippen LogP contribution in [-0.2, 0) is 26.0 Å². The summed E-state index contributed by atoms with van der Waals surface area (Å²) in [4.78, 5) is 48.4. The number of Topliss-reactive ketones (excluding diaryl/α,β-unsaturated/α-hetero) is 2. The summed E-state index contributed by atoms with van der Waals surface area (Å²) < 4.78 is 33.3. The lowest BCUT2D eigenvalue weighted by Gasteiger charge is -2.30. The van der Waals surface area contributed by atoms with Gasteiger partial charge >= 0.3 is 0 Å². The Hall–Kier alpha value is -3.42. The zero-order valence-corrected chi connectivity index (χ0v) is 31.4. The molecule has 0 unspecified atom stereocenters. The summed E-state index contributed by atoms with van der Waals surface area (Å²) in [6.07, 6.45) is 11.7. The minimum absolute atomic E-state index is 0.0129. The Balaban J connectivity index is 1.38. The number of hydrogen-bond donors (Lipinski definition) is 3. The molecule has 0 radical (unpaired) electrons. The molecular formula is C39H51ClN4O7S. The maximum Gasteiger partial charge on any atom is 0.264 e. The lowest BCUT2D eigenvalue weighted by Crippen LogP contribution is -2.51. The maximum atomic E-state index is 14.3. The standard InChI is InChI=1S/C39H51ClN4O7S/c1-52(49,50)43-32(12-9-22-39(48)20-6-2-7-21-39)38(47)44-26-28(15-14-27-16-18-30(40)19-17-27)24-33(44)34(45)25-29(10-5-8-23-41)36(46)37-42-31-11-3-4-13-35(31)51-37/h3-4,9,11,13,16-19,22,28-29,32-33,43,48H,2,5-8,10,12,14-15,20-21,23-26,41H2,1H3/b22-9+/t28-,29-,32-,33+/m1/s1. The third-order valence-corrected chi connectivity index (χ3v) is 11.3. The number of aliphatic hydroxyl groups is 1. The zero-order chi connectivity index (χ0) is 37.3. The van der Waals surface area contributed by atoms with Gasteiger partial charge in [-0.1, -0.05) is 73.7 Å². The molecule has 4 N–H and O–H groups in total. The predicted octanol–water partition coefficient (Wildman–Crippen LogP) is 5.78. The second-order valence-electron chi connectivity index (χ2n) is 14.5. The van der Waals surface area contributed by atoms with Gasteiger partial charge in [0.25, 0.3) is 5.89 Å². The summed E-state index contributed by atoms with van der Waals surface area (Å²) in [6.45, 7) is 0.702. The molecule has 13 heteroatoms. The molecule has 1 amide bonds. The summed E-state index contributed by atoms with van der Waals surface area (Å²) in [5.41, 5.74) is 6.86. The molecule has 2 aromatic carbocycles. The first-order chi connectivity index (χ1) is 24.8. The summed E-state index contributed by atoms with van der Waals surface area (Å²) >= 11 is 6.08. The van der Waals surface area contributed by atoms with E-state index in [1.165, 1.54) is 4.90 Å². The number of nitrogens with two attached hydrogens (primary N) is 1. The molecule has 2 aliphatic rings. The zero-order valence-electron chi connectivity index (χ0n) is 29.8. The molecule has 1 saturated heterocycles. The summed E-state index contributed by atoms with van der Waals surface area (Å²) in [7, 11) is -3.82. The Bertz CT molecular complexity index is 1790. The van der Waals surface area contributed by atoms with Crippen molar-refractivity contribution in [2.75, 3.05) is 19.3 Å². The fourth-order valence-electron chi connectivity index (χ4n) is 7.51. The number of amides is 1. The van der Waals surface area contributed by atoms with E-state index in [1.807, 2.05) is 24.3 Å². The highest BCUT2D eigenvalue weighted by atomic mass is 35.5. The first-order valence-corrected chi connectivity index (χ1v) is 20.7. The minimum Gasteiger partial charge on any atom is -0.434 e. The molecule has 1 aromatic heterocycles. The fourth-order valence-corrected chi connectivity index (χ4v) is 8.35. The van der Waals surface area contributed by atoms with Gasteiger partial charge in [-0.15, -0.1) is 0 Å². The number of para-hydroxylation sites is 2. The molecule has 11 nitrogen and oxygen atoms in total. The number of oxazole rings is 1. The highest BCUT2D eigenvalue weighted by Gasteiger charge is 2.43. The number of rotatable bonds is 18. The molecule has 282 valence electrons. The van der Waals surface area contributed by atoms with Crippen LogP contribution in [0.15, 0.2) is 65.1 Å². The van der Waals surface area contributed by atoms with E-state index in [0.717, 1.165) is 31.1 Å². The van der Waals surface area contributed by atoms with Gasteiger partial charge in [-0.2, -0.15) is 0 Å². The number of carbonyl (C=O) groups is 3. The van der Waals surface area contributed by atoms with Crippen LogP contribution in [0, 0.1) is 11.8 Å². The molecule has 1 saturated carbocycles. The second kappa shape index (κ2) is 18.1. The Morgan fingerprint density at radius 2 is 1.85 bits per heavy atom. The number of nitrogens with one attached hydrogen (secondary N) is 1. The largest absolute Gasteiger partial charge is 0.434 e. The van der Waals surface area contributed by atoms with Crippen LogP contribution in [0.1, 0.15) is 93.3 Å². The molecule has 1 aliphatic heterocycles. The van der Waals surface area contributed by atoms with Crippen molar-refractivity contribution in [2.45, 2.75) is 101 Å². The van der Waals surface area contributed by atoms with E-state index in [4.69, 9.17) is 21.8 Å². The maximum absolute atomic E-state index is 14.3. The molecule has 3 aromatic rings. The molecular weight excluding hydrogens is 704 g/mol. The third kappa shape index (κ3) is 11.1. The first-order valence-electron chi connectivity index (χ1n) is 18.4. The average Bonchev–Trinajstić information content (AvgIpc) is 3.75. The van der Waals surface area contributed by atoms with Crippen LogP contribution in [-0.4, -0.2) is 77.9 Å². The number of carbonyl (C=O) groups excluding carboxylic acids is 3. The van der Waals surface area contributed by atoms with Gasteiger partial charge in [0.05, 0.1) is 17.9 Å². The number of aryl methyl sites for hydroxylation is 1. The van der Waals surface area contributed by atoms with Crippen molar-refractivity contribution in [2.24, 2.45) is 17.6 Å². The van der Waals surface area contributed by atoms with E-state index >= 15 is 0 Å². The van der Waals surface area contributed by atoms with Gasteiger partial charge < -0.3 is 20.2 Å². The van der Waals surface area contributed by atoms with E-state index in [9.17, 15) is 27.9 Å². The van der Waals surface area contributed by atoms with E-state index in [2.05, 4.69) is 9.71 Å². The quantitative estimate of drug-likeness (QED) is 0.0827. The van der Waals surface area contributed by atoms with Crippen LogP contribution < -0.4 is 10.5 Å². The lowest BCUT2D eigenvalue weighted by molar-refractivity contribution is -0.139. The Morgan fingerprint density at radius 1 is 1.12 bits per heavy atom. The van der Waals surface area contributed by atoms with Crippen molar-refractivity contribution < 1.29 is 32.3 Å². The van der Waals surface area contributed by atoms with Crippen molar-refractivity contribution in [1.29, 1.82) is 0 Å². The van der Waals surface area contributed by atoms with Gasteiger partial charge in [-0.05, 0) is 93.7 Å².